The number of aryl methyl sites for hydroxylation is 1. The maximum Gasteiger partial charge on any atom is 0.410 e. The number of nitrogens with zero attached hydrogens (tertiary/aromatic N) is 1. The largest absolute Gasteiger partial charge is 0.444 e. The summed E-state index contributed by atoms with van der Waals surface area (Å²) in [5.74, 6) is 0. The maximum atomic E-state index is 12.8. The van der Waals surface area contributed by atoms with Crippen LogP contribution in [0.15, 0.2) is 29.2 Å². The molecule has 2 aliphatic heterocycles. The molecule has 2 heterocycles. The second-order valence-electron chi connectivity index (χ2n) is 9.13. The normalized spacial score (nSPS) is 24.9. The number of benzene rings is 1. The molecule has 1 aromatic carbocycles. The topological polar surface area (TPSA) is 91.4 Å². The third kappa shape index (κ3) is 6.90. The zero-order chi connectivity index (χ0) is 22.6. The minimum absolute atomic E-state index is 0.0864. The van der Waals surface area contributed by atoms with Crippen LogP contribution in [0.25, 0.3) is 0 Å². The van der Waals surface area contributed by atoms with Crippen LogP contribution in [-0.2, 0) is 28.5 Å². The van der Waals surface area contributed by atoms with Crippen molar-refractivity contribution in [2.75, 3.05) is 19.8 Å². The number of hydrogen-bond acceptors (Lipinski definition) is 7. The fraction of sp³-hybridized carbons (Fsp3) is 0.682. The molecule has 0 aromatic heterocycles. The van der Waals surface area contributed by atoms with Crippen LogP contribution in [0.3, 0.4) is 0 Å². The van der Waals surface area contributed by atoms with Gasteiger partial charge in [-0.15, -0.1) is 0 Å². The molecular formula is C22H33NO7S. The van der Waals surface area contributed by atoms with E-state index in [4.69, 9.17) is 18.4 Å². The first-order chi connectivity index (χ1) is 14.5. The summed E-state index contributed by atoms with van der Waals surface area (Å²) in [5.41, 5.74) is 0.290. The predicted octanol–water partition coefficient (Wildman–Crippen LogP) is 3.62. The lowest BCUT2D eigenvalue weighted by Gasteiger charge is -2.28. The van der Waals surface area contributed by atoms with Gasteiger partial charge in [-0.1, -0.05) is 17.7 Å². The van der Waals surface area contributed by atoms with Crippen molar-refractivity contribution in [3.05, 3.63) is 29.8 Å². The minimum Gasteiger partial charge on any atom is -0.444 e. The van der Waals surface area contributed by atoms with Crippen molar-refractivity contribution in [2.45, 2.75) is 82.3 Å². The van der Waals surface area contributed by atoms with E-state index in [1.54, 1.807) is 32.9 Å². The summed E-state index contributed by atoms with van der Waals surface area (Å²) in [5, 5.41) is 0. The number of hydrogen-bond donors (Lipinski definition) is 0. The molecule has 31 heavy (non-hydrogen) atoms. The van der Waals surface area contributed by atoms with Crippen LogP contribution < -0.4 is 0 Å². The van der Waals surface area contributed by atoms with Gasteiger partial charge in [0, 0.05) is 6.61 Å². The number of carbonyl (C=O) groups excluding carboxylic acids is 1. The van der Waals surface area contributed by atoms with Crippen molar-refractivity contribution in [2.24, 2.45) is 0 Å². The van der Waals surface area contributed by atoms with Gasteiger partial charge in [0.25, 0.3) is 10.1 Å². The first-order valence-electron chi connectivity index (χ1n) is 10.8. The van der Waals surface area contributed by atoms with Crippen LogP contribution in [0.1, 0.15) is 52.0 Å². The molecule has 8 nitrogen and oxygen atoms in total. The van der Waals surface area contributed by atoms with Crippen LogP contribution in [0.4, 0.5) is 4.79 Å². The van der Waals surface area contributed by atoms with Crippen molar-refractivity contribution in [1.29, 1.82) is 0 Å². The second-order valence-corrected chi connectivity index (χ2v) is 10.7. The Hall–Kier alpha value is -1.68. The number of ether oxygens (including phenoxy) is 3. The van der Waals surface area contributed by atoms with E-state index in [-0.39, 0.29) is 23.9 Å². The Labute approximate surface area is 184 Å². The zero-order valence-corrected chi connectivity index (χ0v) is 19.5. The van der Waals surface area contributed by atoms with Crippen LogP contribution >= 0.6 is 0 Å². The summed E-state index contributed by atoms with van der Waals surface area (Å²) in [6, 6.07) is 5.97. The Morgan fingerprint density at radius 3 is 2.52 bits per heavy atom. The van der Waals surface area contributed by atoms with Gasteiger partial charge in [0.15, 0.2) is 6.29 Å². The van der Waals surface area contributed by atoms with E-state index in [0.717, 1.165) is 24.8 Å². The standard InChI is InChI=1S/C22H33NO7S/c1-16-8-10-19(11-9-16)31(25,26)28-15-17-13-18(29-20-7-5-6-12-27-20)14-23(17)21(24)30-22(2,3)4/h8-11,17-18,20H,5-7,12-15H2,1-4H3/t17-,18+,20?/m0/s1. The summed E-state index contributed by atoms with van der Waals surface area (Å²) >= 11 is 0. The van der Waals surface area contributed by atoms with Gasteiger partial charge in [-0.3, -0.25) is 4.18 Å². The Morgan fingerprint density at radius 1 is 1.19 bits per heavy atom. The summed E-state index contributed by atoms with van der Waals surface area (Å²) < 4.78 is 47.7. The van der Waals surface area contributed by atoms with E-state index < -0.39 is 27.9 Å². The molecule has 0 aliphatic carbocycles. The first-order valence-corrected chi connectivity index (χ1v) is 12.2. The van der Waals surface area contributed by atoms with Crippen molar-refractivity contribution < 1.29 is 31.6 Å². The molecular weight excluding hydrogens is 422 g/mol. The molecule has 2 fully saturated rings. The van der Waals surface area contributed by atoms with Crippen molar-refractivity contribution in [1.82, 2.24) is 4.90 Å². The maximum absolute atomic E-state index is 12.8. The smallest absolute Gasteiger partial charge is 0.410 e. The van der Waals surface area contributed by atoms with Gasteiger partial charge in [-0.2, -0.15) is 8.42 Å². The zero-order valence-electron chi connectivity index (χ0n) is 18.7. The fourth-order valence-electron chi connectivity index (χ4n) is 3.65. The molecule has 2 saturated heterocycles. The molecule has 1 aromatic rings. The summed E-state index contributed by atoms with van der Waals surface area (Å²) in [4.78, 5) is 14.3. The van der Waals surface area contributed by atoms with Crippen LogP contribution in [0.5, 0.6) is 0 Å². The SMILES string of the molecule is Cc1ccc(S(=O)(=O)OC[C@@H]2C[C@@H](OC3CCCCO3)CN2C(=O)OC(C)(C)C)cc1. The third-order valence-corrected chi connectivity index (χ3v) is 6.51. The van der Waals surface area contributed by atoms with Gasteiger partial charge in [-0.25, -0.2) is 4.79 Å². The molecule has 174 valence electrons. The molecule has 1 unspecified atom stereocenters. The Bertz CT molecular complexity index is 842. The van der Waals surface area contributed by atoms with E-state index >= 15 is 0 Å². The van der Waals surface area contributed by atoms with Gasteiger partial charge < -0.3 is 19.1 Å². The summed E-state index contributed by atoms with van der Waals surface area (Å²) in [6.45, 7) is 8.04. The van der Waals surface area contributed by atoms with Crippen LogP contribution in [0, 0.1) is 6.92 Å². The van der Waals surface area contributed by atoms with Crippen LogP contribution in [0.2, 0.25) is 0 Å². The van der Waals surface area contributed by atoms with Crippen molar-refractivity contribution in [3.63, 3.8) is 0 Å². The van der Waals surface area contributed by atoms with Gasteiger partial charge in [-0.05, 0) is 65.5 Å². The molecule has 1 amide bonds. The molecule has 0 radical (unpaired) electrons. The Kier molecular flexibility index (Phi) is 7.62. The average Bonchev–Trinajstić information content (AvgIpc) is 3.09. The number of carbonyl (C=O) groups is 1. The Morgan fingerprint density at radius 2 is 1.90 bits per heavy atom. The molecule has 3 rings (SSSR count). The highest BCUT2D eigenvalue weighted by Gasteiger charge is 2.40. The third-order valence-electron chi connectivity index (χ3n) is 5.21. The lowest BCUT2D eigenvalue weighted by atomic mass is 10.2. The number of amides is 1. The highest BCUT2D eigenvalue weighted by Crippen LogP contribution is 2.27. The van der Waals surface area contributed by atoms with Crippen molar-refractivity contribution >= 4 is 16.2 Å². The second kappa shape index (κ2) is 9.85. The monoisotopic (exact) mass is 455 g/mol. The van der Waals surface area contributed by atoms with Gasteiger partial charge in [0.05, 0.1) is 30.2 Å². The molecule has 2 aliphatic rings. The van der Waals surface area contributed by atoms with E-state index in [1.165, 1.54) is 17.0 Å². The molecule has 0 bridgehead atoms. The molecule has 3 atom stereocenters. The van der Waals surface area contributed by atoms with E-state index in [9.17, 15) is 13.2 Å². The van der Waals surface area contributed by atoms with E-state index in [1.807, 2.05) is 6.92 Å². The van der Waals surface area contributed by atoms with Gasteiger partial charge >= 0.3 is 6.09 Å². The summed E-state index contributed by atoms with van der Waals surface area (Å²) in [6.07, 6.45) is 2.23. The number of rotatable bonds is 6. The van der Waals surface area contributed by atoms with E-state index in [2.05, 4.69) is 0 Å². The highest BCUT2D eigenvalue weighted by atomic mass is 32.2. The van der Waals surface area contributed by atoms with Crippen molar-refractivity contribution in [3.8, 4) is 0 Å². The van der Waals surface area contributed by atoms with E-state index in [0.29, 0.717) is 19.6 Å². The van der Waals surface area contributed by atoms with Crippen LogP contribution in [-0.4, -0.2) is 63.2 Å². The predicted molar refractivity (Wildman–Crippen MR) is 114 cm³/mol. The average molecular weight is 456 g/mol. The summed E-state index contributed by atoms with van der Waals surface area (Å²) in [7, 11) is -3.94. The lowest BCUT2D eigenvalue weighted by molar-refractivity contribution is -0.185. The lowest BCUT2D eigenvalue weighted by Crippen LogP contribution is -2.42. The first kappa shape index (κ1) is 24.0. The Balaban J connectivity index is 1.67. The fourth-order valence-corrected chi connectivity index (χ4v) is 4.59. The van der Waals surface area contributed by atoms with Gasteiger partial charge in [0.2, 0.25) is 0 Å². The number of likely N-dealkylation sites (tertiary alicyclic amines) is 1. The molecule has 0 spiro atoms. The highest BCUT2D eigenvalue weighted by molar-refractivity contribution is 7.86. The molecule has 9 heteroatoms. The molecule has 0 N–H and O–H groups in total. The quantitative estimate of drug-likeness (QED) is 0.605. The molecule has 0 saturated carbocycles. The van der Waals surface area contributed by atoms with Gasteiger partial charge in [0.1, 0.15) is 5.60 Å². The minimum atomic E-state index is -3.94.